The van der Waals surface area contributed by atoms with Crippen LogP contribution in [0.5, 0.6) is 11.5 Å². The Kier molecular flexibility index (Phi) is 7.68. The number of carbonyl (C=O) groups is 3. The van der Waals surface area contributed by atoms with E-state index in [0.717, 1.165) is 22.2 Å². The lowest BCUT2D eigenvalue weighted by Crippen LogP contribution is -2.36. The fourth-order valence-corrected chi connectivity index (χ4v) is 4.22. The Morgan fingerprint density at radius 2 is 1.72 bits per heavy atom. The summed E-state index contributed by atoms with van der Waals surface area (Å²) < 4.78 is 10.8. The lowest BCUT2D eigenvalue weighted by atomic mass is 10.1. The maximum atomic E-state index is 12.7. The highest BCUT2D eigenvalue weighted by Crippen LogP contribution is 2.32. The van der Waals surface area contributed by atoms with Crippen molar-refractivity contribution in [3.8, 4) is 17.6 Å². The number of anilines is 1. The van der Waals surface area contributed by atoms with Gasteiger partial charge >= 0.3 is 0 Å². The van der Waals surface area contributed by atoms with Gasteiger partial charge in [-0.15, -0.1) is 0 Å². The van der Waals surface area contributed by atoms with Gasteiger partial charge < -0.3 is 14.8 Å². The summed E-state index contributed by atoms with van der Waals surface area (Å²) in [5, 5.41) is 11.3. The van der Waals surface area contributed by atoms with Crippen LogP contribution in [-0.4, -0.2) is 35.6 Å². The molecule has 3 aromatic rings. The van der Waals surface area contributed by atoms with E-state index in [-0.39, 0.29) is 18.1 Å². The second-order valence-electron chi connectivity index (χ2n) is 7.67. The lowest BCUT2D eigenvalue weighted by molar-refractivity contribution is -0.127. The predicted molar refractivity (Wildman–Crippen MR) is 136 cm³/mol. The van der Waals surface area contributed by atoms with Gasteiger partial charge in [0, 0.05) is 11.3 Å². The smallest absolute Gasteiger partial charge is 0.294 e. The van der Waals surface area contributed by atoms with Gasteiger partial charge in [-0.2, -0.15) is 5.26 Å². The first-order valence-electron chi connectivity index (χ1n) is 10.9. The molecule has 1 aliphatic rings. The van der Waals surface area contributed by atoms with Crippen LogP contribution in [0.3, 0.4) is 0 Å². The Morgan fingerprint density at radius 1 is 1.03 bits per heavy atom. The van der Waals surface area contributed by atoms with Gasteiger partial charge in [0.25, 0.3) is 11.1 Å². The van der Waals surface area contributed by atoms with E-state index in [1.807, 2.05) is 12.1 Å². The highest BCUT2D eigenvalue weighted by molar-refractivity contribution is 8.18. The maximum absolute atomic E-state index is 12.7. The first kappa shape index (κ1) is 24.6. The summed E-state index contributed by atoms with van der Waals surface area (Å²) in [6.45, 7) is -0.133. The SMILES string of the molecule is COc1ccc(NC(=O)CN2C(=O)S/C(=C/c3ccc(OCc4ccccc4C#N)cc3)C2=O)cc1. The van der Waals surface area contributed by atoms with E-state index in [2.05, 4.69) is 11.4 Å². The molecule has 0 unspecified atom stereocenters. The molecule has 3 aromatic carbocycles. The summed E-state index contributed by atoms with van der Waals surface area (Å²) >= 11 is 0.786. The minimum absolute atomic E-state index is 0.230. The Bertz CT molecular complexity index is 1360. The van der Waals surface area contributed by atoms with E-state index < -0.39 is 17.1 Å². The second-order valence-corrected chi connectivity index (χ2v) is 8.66. The van der Waals surface area contributed by atoms with E-state index in [9.17, 15) is 19.6 Å². The molecule has 1 aliphatic heterocycles. The molecule has 36 heavy (non-hydrogen) atoms. The van der Waals surface area contributed by atoms with E-state index in [0.29, 0.717) is 28.3 Å². The van der Waals surface area contributed by atoms with Gasteiger partial charge in [-0.3, -0.25) is 19.3 Å². The fraction of sp³-hybridized carbons (Fsp3) is 0.111. The number of ether oxygens (including phenoxy) is 2. The monoisotopic (exact) mass is 499 g/mol. The molecule has 0 bridgehead atoms. The number of amides is 3. The molecule has 1 saturated heterocycles. The van der Waals surface area contributed by atoms with Crippen molar-refractivity contribution >= 4 is 40.6 Å². The molecule has 0 saturated carbocycles. The average molecular weight is 500 g/mol. The van der Waals surface area contributed by atoms with Crippen molar-refractivity contribution in [3.63, 3.8) is 0 Å². The molecule has 1 fully saturated rings. The fourth-order valence-electron chi connectivity index (χ4n) is 3.38. The molecule has 180 valence electrons. The Morgan fingerprint density at radius 3 is 2.42 bits per heavy atom. The summed E-state index contributed by atoms with van der Waals surface area (Å²) in [5.74, 6) is 0.239. The van der Waals surface area contributed by atoms with Crippen molar-refractivity contribution in [2.45, 2.75) is 6.61 Å². The molecule has 1 N–H and O–H groups in total. The molecular weight excluding hydrogens is 478 g/mol. The Labute approximate surface area is 212 Å². The highest BCUT2D eigenvalue weighted by atomic mass is 32.2. The van der Waals surface area contributed by atoms with Crippen LogP contribution >= 0.6 is 11.8 Å². The van der Waals surface area contributed by atoms with Crippen molar-refractivity contribution in [1.29, 1.82) is 5.26 Å². The topological polar surface area (TPSA) is 109 Å². The molecule has 0 spiro atoms. The zero-order valence-electron chi connectivity index (χ0n) is 19.3. The number of imide groups is 1. The summed E-state index contributed by atoms with van der Waals surface area (Å²) in [6, 6.07) is 23.1. The van der Waals surface area contributed by atoms with Crippen LogP contribution in [0.4, 0.5) is 10.5 Å². The summed E-state index contributed by atoms with van der Waals surface area (Å²) in [5.41, 5.74) is 2.57. The van der Waals surface area contributed by atoms with Crippen LogP contribution in [0.15, 0.2) is 77.7 Å². The number of nitrogens with zero attached hydrogens (tertiary/aromatic N) is 2. The lowest BCUT2D eigenvalue weighted by Gasteiger charge is -2.12. The minimum Gasteiger partial charge on any atom is -0.497 e. The standard InChI is InChI=1S/C27H21N3O5S/c1-34-22-12-8-21(9-13-22)29-25(31)16-30-26(32)24(36-27(30)33)14-18-6-10-23(11-7-18)35-17-20-5-3-2-4-19(20)15-28/h2-14H,16-17H2,1H3,(H,29,31)/b24-14+. The van der Waals surface area contributed by atoms with E-state index in [4.69, 9.17) is 9.47 Å². The average Bonchev–Trinajstić information content (AvgIpc) is 3.16. The normalized spacial score (nSPS) is 14.0. The van der Waals surface area contributed by atoms with E-state index >= 15 is 0 Å². The number of benzene rings is 3. The van der Waals surface area contributed by atoms with Crippen molar-refractivity contribution in [1.82, 2.24) is 4.90 Å². The molecule has 0 aromatic heterocycles. The first-order chi connectivity index (χ1) is 17.5. The van der Waals surface area contributed by atoms with Crippen molar-refractivity contribution in [2.24, 2.45) is 0 Å². The number of carbonyl (C=O) groups excluding carboxylic acids is 3. The number of hydrogen-bond acceptors (Lipinski definition) is 7. The van der Waals surface area contributed by atoms with Crippen LogP contribution in [0.2, 0.25) is 0 Å². The summed E-state index contributed by atoms with van der Waals surface area (Å²) in [4.78, 5) is 38.6. The molecule has 0 aliphatic carbocycles. The summed E-state index contributed by atoms with van der Waals surface area (Å²) in [7, 11) is 1.54. The number of methoxy groups -OCH3 is 1. The number of nitriles is 1. The molecule has 3 amide bonds. The van der Waals surface area contributed by atoms with Gasteiger partial charge in [0.1, 0.15) is 24.7 Å². The van der Waals surface area contributed by atoms with Gasteiger partial charge in [-0.05, 0) is 65.9 Å². The van der Waals surface area contributed by atoms with Crippen molar-refractivity contribution in [3.05, 3.63) is 94.4 Å². The molecule has 1 heterocycles. The molecule has 0 atom stereocenters. The van der Waals surface area contributed by atoms with Crippen molar-refractivity contribution in [2.75, 3.05) is 19.0 Å². The molecule has 9 heteroatoms. The number of rotatable bonds is 8. The molecule has 8 nitrogen and oxygen atoms in total. The summed E-state index contributed by atoms with van der Waals surface area (Å²) in [6.07, 6.45) is 1.60. The number of nitrogens with one attached hydrogen (secondary N) is 1. The molecule has 0 radical (unpaired) electrons. The largest absolute Gasteiger partial charge is 0.497 e. The van der Waals surface area contributed by atoms with E-state index in [1.165, 1.54) is 0 Å². The third kappa shape index (κ3) is 5.92. The van der Waals surface area contributed by atoms with Gasteiger partial charge in [0.05, 0.1) is 23.6 Å². The van der Waals surface area contributed by atoms with Gasteiger partial charge in [0.15, 0.2) is 0 Å². The van der Waals surface area contributed by atoms with E-state index in [1.54, 1.807) is 73.8 Å². The third-order valence-corrected chi connectivity index (χ3v) is 6.17. The minimum atomic E-state index is -0.525. The predicted octanol–water partition coefficient (Wildman–Crippen LogP) is 4.82. The van der Waals surface area contributed by atoms with Crippen LogP contribution < -0.4 is 14.8 Å². The van der Waals surface area contributed by atoms with Crippen LogP contribution in [0.25, 0.3) is 6.08 Å². The first-order valence-corrected chi connectivity index (χ1v) is 11.7. The molecular formula is C27H21N3O5S. The van der Waals surface area contributed by atoms with Crippen LogP contribution in [0.1, 0.15) is 16.7 Å². The zero-order chi connectivity index (χ0) is 25.5. The van der Waals surface area contributed by atoms with Crippen molar-refractivity contribution < 1.29 is 23.9 Å². The van der Waals surface area contributed by atoms with Gasteiger partial charge in [-0.25, -0.2) is 0 Å². The Balaban J connectivity index is 1.35. The number of hydrogen-bond donors (Lipinski definition) is 1. The highest BCUT2D eigenvalue weighted by Gasteiger charge is 2.36. The van der Waals surface area contributed by atoms with Gasteiger partial charge in [-0.1, -0.05) is 30.3 Å². The van der Waals surface area contributed by atoms with Gasteiger partial charge in [0.2, 0.25) is 5.91 Å². The maximum Gasteiger partial charge on any atom is 0.294 e. The second kappa shape index (κ2) is 11.3. The Hall–Kier alpha value is -4.55. The van der Waals surface area contributed by atoms with Crippen LogP contribution in [-0.2, 0) is 16.2 Å². The quantitative estimate of drug-likeness (QED) is 0.443. The molecule has 4 rings (SSSR count). The van der Waals surface area contributed by atoms with Crippen LogP contribution in [0, 0.1) is 11.3 Å². The zero-order valence-corrected chi connectivity index (χ0v) is 20.1. The number of thioether (sulfide) groups is 1. The third-order valence-electron chi connectivity index (χ3n) is 5.26.